The van der Waals surface area contributed by atoms with Crippen LogP contribution in [0.4, 0.5) is 11.4 Å². The van der Waals surface area contributed by atoms with Gasteiger partial charge in [-0.3, -0.25) is 9.59 Å². The Kier molecular flexibility index (Phi) is 6.77. The first kappa shape index (κ1) is 23.5. The molecule has 2 N–H and O–H groups in total. The molecule has 3 aromatic carbocycles. The number of aromatic amines is 1. The number of carbonyl (C=O) groups excluding carboxylic acids is 1. The van der Waals surface area contributed by atoms with Crippen LogP contribution in [0.1, 0.15) is 11.1 Å². The third-order valence-corrected chi connectivity index (χ3v) is 5.39. The predicted molar refractivity (Wildman–Crippen MR) is 138 cm³/mol. The van der Waals surface area contributed by atoms with E-state index in [1.165, 1.54) is 6.21 Å². The number of hydrogen-bond acceptors (Lipinski definition) is 6. The first-order valence-corrected chi connectivity index (χ1v) is 10.9. The van der Waals surface area contributed by atoms with E-state index in [0.29, 0.717) is 27.9 Å². The maximum Gasteiger partial charge on any atom is 0.349 e. The number of anilines is 2. The molecular weight excluding hydrogens is 446 g/mol. The lowest BCUT2D eigenvalue weighted by atomic mass is 10.2. The highest BCUT2D eigenvalue weighted by molar-refractivity contribution is 5.93. The molecule has 4 rings (SSSR count). The molecule has 0 aliphatic rings. The Morgan fingerprint density at radius 3 is 2.60 bits per heavy atom. The van der Waals surface area contributed by atoms with Crippen molar-refractivity contribution < 1.29 is 9.53 Å². The maximum atomic E-state index is 12.8. The molecule has 0 spiro atoms. The van der Waals surface area contributed by atoms with Crippen LogP contribution in [0, 0.1) is 6.92 Å². The quantitative estimate of drug-likeness (QED) is 0.403. The fourth-order valence-corrected chi connectivity index (χ4v) is 3.45. The van der Waals surface area contributed by atoms with E-state index in [1.807, 2.05) is 56.3 Å². The van der Waals surface area contributed by atoms with Crippen molar-refractivity contribution in [2.45, 2.75) is 6.92 Å². The fourth-order valence-electron chi connectivity index (χ4n) is 3.45. The zero-order valence-electron chi connectivity index (χ0n) is 19.6. The second-order valence-corrected chi connectivity index (χ2v) is 8.11. The maximum absolute atomic E-state index is 12.8. The fraction of sp³-hybridized carbons (Fsp3) is 0.154. The van der Waals surface area contributed by atoms with Gasteiger partial charge in [-0.05, 0) is 42.8 Å². The van der Waals surface area contributed by atoms with Crippen molar-refractivity contribution in [2.24, 2.45) is 5.10 Å². The number of benzene rings is 3. The van der Waals surface area contributed by atoms with E-state index in [9.17, 15) is 14.4 Å². The molecule has 0 radical (unpaired) electrons. The van der Waals surface area contributed by atoms with Gasteiger partial charge in [0, 0.05) is 37.1 Å². The molecule has 0 aliphatic heterocycles. The number of hydrogen-bond donors (Lipinski definition) is 2. The van der Waals surface area contributed by atoms with Crippen LogP contribution in [0.5, 0.6) is 5.75 Å². The van der Waals surface area contributed by atoms with Gasteiger partial charge in [0.15, 0.2) is 6.61 Å². The van der Waals surface area contributed by atoms with E-state index in [4.69, 9.17) is 4.74 Å². The molecule has 9 heteroatoms. The number of para-hydroxylation sites is 2. The summed E-state index contributed by atoms with van der Waals surface area (Å²) in [5.74, 6) is 0.0600. The molecule has 0 unspecified atom stereocenters. The summed E-state index contributed by atoms with van der Waals surface area (Å²) in [4.78, 5) is 42.2. The van der Waals surface area contributed by atoms with Crippen LogP contribution in [0.25, 0.3) is 10.9 Å². The van der Waals surface area contributed by atoms with E-state index in [1.54, 1.807) is 36.4 Å². The average Bonchev–Trinajstić information content (AvgIpc) is 2.84. The zero-order valence-corrected chi connectivity index (χ0v) is 19.6. The molecule has 1 aromatic heterocycles. The molecule has 1 amide bonds. The number of fused-ring (bicyclic) bond motifs is 1. The third-order valence-electron chi connectivity index (χ3n) is 5.39. The summed E-state index contributed by atoms with van der Waals surface area (Å²) in [6.07, 6.45) is 1.36. The van der Waals surface area contributed by atoms with Gasteiger partial charge in [-0.25, -0.2) is 4.79 Å². The number of nitrogens with one attached hydrogen (secondary N) is 2. The predicted octanol–water partition coefficient (Wildman–Crippen LogP) is 2.96. The molecule has 0 aliphatic carbocycles. The van der Waals surface area contributed by atoms with Crippen molar-refractivity contribution >= 4 is 34.4 Å². The largest absolute Gasteiger partial charge is 0.483 e. The Morgan fingerprint density at radius 2 is 1.83 bits per heavy atom. The number of nitrogens with zero attached hydrogens (tertiary/aromatic N) is 3. The van der Waals surface area contributed by atoms with Crippen molar-refractivity contribution in [2.75, 3.05) is 30.9 Å². The number of ether oxygens (including phenoxy) is 1. The number of amides is 1. The molecule has 178 valence electrons. The van der Waals surface area contributed by atoms with Crippen LogP contribution >= 0.6 is 0 Å². The molecule has 0 fully saturated rings. The average molecular weight is 472 g/mol. The minimum Gasteiger partial charge on any atom is -0.483 e. The van der Waals surface area contributed by atoms with Gasteiger partial charge in [-0.1, -0.05) is 30.3 Å². The second kappa shape index (κ2) is 10.1. The zero-order chi connectivity index (χ0) is 24.9. The number of aromatic nitrogens is 2. The number of carbonyl (C=O) groups is 1. The molecule has 0 atom stereocenters. The molecule has 35 heavy (non-hydrogen) atoms. The Labute approximate surface area is 201 Å². The Hall–Kier alpha value is -4.66. The SMILES string of the molecule is Cc1ccccc1NC(=O)COc1cc(N(C)C)ccc1C=Nn1c(=O)[nH]c2ccccc2c1=O. The lowest BCUT2D eigenvalue weighted by Gasteiger charge is -2.16. The minimum atomic E-state index is -0.657. The van der Waals surface area contributed by atoms with Crippen molar-refractivity contribution in [3.8, 4) is 5.75 Å². The Balaban J connectivity index is 1.61. The molecule has 0 bridgehead atoms. The van der Waals surface area contributed by atoms with Gasteiger partial charge in [-0.2, -0.15) is 5.10 Å². The van der Waals surface area contributed by atoms with Crippen molar-refractivity contribution in [3.63, 3.8) is 0 Å². The van der Waals surface area contributed by atoms with Crippen LogP contribution in [0.3, 0.4) is 0 Å². The van der Waals surface area contributed by atoms with Crippen LogP contribution in [0.2, 0.25) is 0 Å². The normalized spacial score (nSPS) is 11.1. The summed E-state index contributed by atoms with van der Waals surface area (Å²) in [5.41, 5.74) is 2.23. The van der Waals surface area contributed by atoms with Crippen LogP contribution in [-0.4, -0.2) is 42.5 Å². The van der Waals surface area contributed by atoms with E-state index >= 15 is 0 Å². The third kappa shape index (κ3) is 5.30. The summed E-state index contributed by atoms with van der Waals surface area (Å²) >= 11 is 0. The number of H-pyrrole nitrogens is 1. The van der Waals surface area contributed by atoms with Crippen LogP contribution < -0.4 is 26.2 Å². The number of aryl methyl sites for hydroxylation is 1. The molecule has 0 saturated carbocycles. The molecule has 1 heterocycles. The van der Waals surface area contributed by atoms with E-state index in [0.717, 1.165) is 15.9 Å². The first-order valence-electron chi connectivity index (χ1n) is 10.9. The van der Waals surface area contributed by atoms with Gasteiger partial charge < -0.3 is 19.9 Å². The highest BCUT2D eigenvalue weighted by Gasteiger charge is 2.11. The summed E-state index contributed by atoms with van der Waals surface area (Å²) < 4.78 is 6.58. The lowest BCUT2D eigenvalue weighted by molar-refractivity contribution is -0.118. The summed E-state index contributed by atoms with van der Waals surface area (Å²) in [5, 5.41) is 7.28. The molecule has 0 saturated heterocycles. The highest BCUT2D eigenvalue weighted by atomic mass is 16.5. The van der Waals surface area contributed by atoms with Gasteiger partial charge in [0.2, 0.25) is 0 Å². The topological polar surface area (TPSA) is 109 Å². The summed E-state index contributed by atoms with van der Waals surface area (Å²) in [6.45, 7) is 1.67. The van der Waals surface area contributed by atoms with Gasteiger partial charge in [0.05, 0.1) is 17.1 Å². The van der Waals surface area contributed by atoms with Crippen molar-refractivity contribution in [1.82, 2.24) is 9.66 Å². The smallest absolute Gasteiger partial charge is 0.349 e. The first-order chi connectivity index (χ1) is 16.8. The van der Waals surface area contributed by atoms with Crippen molar-refractivity contribution in [3.05, 3.63) is 98.7 Å². The monoisotopic (exact) mass is 471 g/mol. The van der Waals surface area contributed by atoms with Crippen LogP contribution in [0.15, 0.2) is 81.4 Å². The molecule has 4 aromatic rings. The number of rotatable bonds is 7. The lowest BCUT2D eigenvalue weighted by Crippen LogP contribution is -2.32. The summed E-state index contributed by atoms with van der Waals surface area (Å²) in [7, 11) is 3.76. The van der Waals surface area contributed by atoms with Crippen molar-refractivity contribution in [1.29, 1.82) is 0 Å². The van der Waals surface area contributed by atoms with Gasteiger partial charge in [-0.15, -0.1) is 4.68 Å². The second-order valence-electron chi connectivity index (χ2n) is 8.11. The molecular formula is C26H25N5O4. The van der Waals surface area contributed by atoms with E-state index in [-0.39, 0.29) is 12.5 Å². The Bertz CT molecular complexity index is 1540. The minimum absolute atomic E-state index is 0.234. The molecule has 9 nitrogen and oxygen atoms in total. The van der Waals surface area contributed by atoms with E-state index < -0.39 is 11.2 Å². The highest BCUT2D eigenvalue weighted by Crippen LogP contribution is 2.24. The summed E-state index contributed by atoms with van der Waals surface area (Å²) in [6, 6.07) is 19.5. The van der Waals surface area contributed by atoms with Gasteiger partial charge >= 0.3 is 5.69 Å². The van der Waals surface area contributed by atoms with E-state index in [2.05, 4.69) is 15.4 Å². The van der Waals surface area contributed by atoms with Crippen LogP contribution in [-0.2, 0) is 4.79 Å². The Morgan fingerprint density at radius 1 is 1.09 bits per heavy atom. The van der Waals surface area contributed by atoms with Gasteiger partial charge in [0.25, 0.3) is 11.5 Å². The van der Waals surface area contributed by atoms with Gasteiger partial charge in [0.1, 0.15) is 5.75 Å². The standard InChI is InChI=1S/C26H25N5O4/c1-17-8-4-6-10-21(17)28-24(32)16-35-23-14-19(30(2)3)13-12-18(23)15-27-31-25(33)20-9-5-7-11-22(20)29-26(31)34/h4-15H,16H2,1-3H3,(H,28,32)(H,29,34).